The number of carbonyl (C=O) groups is 1. The van der Waals surface area contributed by atoms with Gasteiger partial charge < -0.3 is 20.1 Å². The number of anilines is 1. The zero-order valence-corrected chi connectivity index (χ0v) is 13.2. The molecule has 3 rings (SSSR count). The first-order valence-corrected chi connectivity index (χ1v) is 8.08. The highest BCUT2D eigenvalue weighted by Crippen LogP contribution is 2.28. The van der Waals surface area contributed by atoms with Crippen molar-refractivity contribution in [1.29, 1.82) is 0 Å². The van der Waals surface area contributed by atoms with Crippen molar-refractivity contribution in [3.05, 3.63) is 24.3 Å². The molecule has 0 bridgehead atoms. The second-order valence-electron chi connectivity index (χ2n) is 5.69. The zero-order chi connectivity index (χ0) is 15.4. The van der Waals surface area contributed by atoms with E-state index in [1.165, 1.54) is 0 Å². The molecule has 6 heteroatoms. The van der Waals surface area contributed by atoms with Crippen molar-refractivity contribution in [2.45, 2.75) is 31.8 Å². The van der Waals surface area contributed by atoms with Gasteiger partial charge in [0.1, 0.15) is 12.4 Å². The van der Waals surface area contributed by atoms with Gasteiger partial charge in [-0.1, -0.05) is 0 Å². The molecule has 0 spiro atoms. The molecule has 1 saturated carbocycles. The van der Waals surface area contributed by atoms with Crippen LogP contribution in [-0.4, -0.2) is 30.3 Å². The van der Waals surface area contributed by atoms with Crippen LogP contribution in [0.3, 0.4) is 0 Å². The van der Waals surface area contributed by atoms with Gasteiger partial charge in [-0.05, 0) is 62.2 Å². The maximum absolute atomic E-state index is 11.6. The smallest absolute Gasteiger partial charge is 0.229 e. The molecule has 1 aliphatic heterocycles. The molecule has 5 nitrogen and oxygen atoms in total. The lowest BCUT2D eigenvalue weighted by atomic mass is 10.2. The molecular formula is C16H20N2O3S. The number of ether oxygens (including phenoxy) is 2. The van der Waals surface area contributed by atoms with Gasteiger partial charge >= 0.3 is 0 Å². The average molecular weight is 320 g/mol. The van der Waals surface area contributed by atoms with E-state index in [2.05, 4.69) is 10.6 Å². The highest BCUT2D eigenvalue weighted by Gasteiger charge is 2.29. The number of benzene rings is 1. The third kappa shape index (κ3) is 4.42. The molecule has 2 N–H and O–H groups in total. The van der Waals surface area contributed by atoms with Crippen molar-refractivity contribution >= 4 is 28.9 Å². The molecule has 0 unspecified atom stereocenters. The van der Waals surface area contributed by atoms with Crippen molar-refractivity contribution in [3.63, 3.8) is 0 Å². The minimum atomic E-state index is 0.00835. The number of hydrogen-bond donors (Lipinski definition) is 2. The molecule has 1 aromatic rings. The first-order valence-electron chi connectivity index (χ1n) is 7.67. The zero-order valence-electron chi connectivity index (χ0n) is 12.3. The summed E-state index contributed by atoms with van der Waals surface area (Å²) < 4.78 is 11.2. The van der Waals surface area contributed by atoms with E-state index >= 15 is 0 Å². The Morgan fingerprint density at radius 2 is 2.05 bits per heavy atom. The average Bonchev–Trinajstić information content (AvgIpc) is 3.24. The predicted molar refractivity (Wildman–Crippen MR) is 88.0 cm³/mol. The molecule has 118 valence electrons. The van der Waals surface area contributed by atoms with Crippen LogP contribution in [-0.2, 0) is 9.53 Å². The fourth-order valence-corrected chi connectivity index (χ4v) is 2.54. The molecule has 2 fully saturated rings. The molecular weight excluding hydrogens is 300 g/mol. The van der Waals surface area contributed by atoms with Gasteiger partial charge in [0, 0.05) is 18.2 Å². The Bertz CT molecular complexity index is 537. The highest BCUT2D eigenvalue weighted by atomic mass is 32.1. The molecule has 1 aliphatic carbocycles. The van der Waals surface area contributed by atoms with E-state index in [1.54, 1.807) is 0 Å². The molecule has 1 aromatic carbocycles. The Kier molecular flexibility index (Phi) is 4.90. The monoisotopic (exact) mass is 320 g/mol. The van der Waals surface area contributed by atoms with Crippen LogP contribution < -0.4 is 15.4 Å². The van der Waals surface area contributed by atoms with Gasteiger partial charge in [0.15, 0.2) is 5.11 Å². The third-order valence-corrected chi connectivity index (χ3v) is 3.96. The van der Waals surface area contributed by atoms with E-state index < -0.39 is 0 Å². The lowest BCUT2D eigenvalue weighted by molar-refractivity contribution is -0.120. The number of amides is 1. The first kappa shape index (κ1) is 15.2. The van der Waals surface area contributed by atoms with Crippen LogP contribution in [0.2, 0.25) is 0 Å². The van der Waals surface area contributed by atoms with Crippen LogP contribution >= 0.6 is 12.2 Å². The summed E-state index contributed by atoms with van der Waals surface area (Å²) in [5.74, 6) is 0.955. The van der Waals surface area contributed by atoms with E-state index in [4.69, 9.17) is 21.7 Å². The lowest BCUT2D eigenvalue weighted by Crippen LogP contribution is -2.35. The second kappa shape index (κ2) is 7.07. The molecule has 1 atom stereocenters. The van der Waals surface area contributed by atoms with Crippen LogP contribution in [0.4, 0.5) is 5.69 Å². The molecule has 1 heterocycles. The van der Waals surface area contributed by atoms with Crippen LogP contribution in [0.15, 0.2) is 24.3 Å². The number of nitrogens with one attached hydrogen (secondary N) is 2. The Morgan fingerprint density at radius 1 is 1.27 bits per heavy atom. The van der Waals surface area contributed by atoms with Crippen LogP contribution in [0.5, 0.6) is 5.75 Å². The summed E-state index contributed by atoms with van der Waals surface area (Å²) in [5.41, 5.74) is 0.825. The minimum absolute atomic E-state index is 0.00835. The first-order chi connectivity index (χ1) is 10.7. The number of rotatable bonds is 5. The van der Waals surface area contributed by atoms with Crippen molar-refractivity contribution in [2.75, 3.05) is 18.5 Å². The summed E-state index contributed by atoms with van der Waals surface area (Å²) in [4.78, 5) is 11.6. The van der Waals surface area contributed by atoms with E-state index in [9.17, 15) is 4.79 Å². The van der Waals surface area contributed by atoms with Gasteiger partial charge in [0.25, 0.3) is 0 Å². The van der Waals surface area contributed by atoms with Gasteiger partial charge in [0.05, 0.1) is 6.10 Å². The van der Waals surface area contributed by atoms with Gasteiger partial charge in [-0.25, -0.2) is 0 Å². The van der Waals surface area contributed by atoms with Crippen molar-refractivity contribution in [1.82, 2.24) is 5.32 Å². The summed E-state index contributed by atoms with van der Waals surface area (Å²) in [5, 5.41) is 6.04. The van der Waals surface area contributed by atoms with Gasteiger partial charge in [-0.15, -0.1) is 0 Å². The molecule has 1 amide bonds. The fourth-order valence-electron chi connectivity index (χ4n) is 2.32. The van der Waals surface area contributed by atoms with Crippen molar-refractivity contribution in [2.24, 2.45) is 5.92 Å². The van der Waals surface area contributed by atoms with E-state index in [-0.39, 0.29) is 17.9 Å². The number of carbonyl (C=O) groups excluding carboxylic acids is 1. The topological polar surface area (TPSA) is 59.6 Å². The molecule has 1 saturated heterocycles. The molecule has 0 aromatic heterocycles. The quantitative estimate of drug-likeness (QED) is 0.816. The van der Waals surface area contributed by atoms with Gasteiger partial charge in [0.2, 0.25) is 5.91 Å². The highest BCUT2D eigenvalue weighted by molar-refractivity contribution is 7.80. The Hall–Kier alpha value is -1.66. The summed E-state index contributed by atoms with van der Waals surface area (Å²) >= 11 is 5.13. The summed E-state index contributed by atoms with van der Waals surface area (Å²) in [7, 11) is 0. The van der Waals surface area contributed by atoms with Gasteiger partial charge in [-0.3, -0.25) is 4.79 Å². The maximum Gasteiger partial charge on any atom is 0.229 e. The normalized spacial score (nSPS) is 20.5. The van der Waals surface area contributed by atoms with E-state index in [0.717, 1.165) is 43.7 Å². The maximum atomic E-state index is 11.6. The molecule has 22 heavy (non-hydrogen) atoms. The summed E-state index contributed by atoms with van der Waals surface area (Å²) in [6, 6.07) is 7.51. The third-order valence-electron chi connectivity index (χ3n) is 3.76. The largest absolute Gasteiger partial charge is 0.491 e. The van der Waals surface area contributed by atoms with Crippen molar-refractivity contribution in [3.8, 4) is 5.75 Å². The number of thiocarbonyl (C=S) groups is 1. The minimum Gasteiger partial charge on any atom is -0.491 e. The Balaban J connectivity index is 1.43. The van der Waals surface area contributed by atoms with Crippen LogP contribution in [0, 0.1) is 5.92 Å². The van der Waals surface area contributed by atoms with Crippen molar-refractivity contribution < 1.29 is 14.3 Å². The SMILES string of the molecule is O=C(NC(=S)Nc1ccc(OC[C@H]2CCCO2)cc1)C1CC1. The van der Waals surface area contributed by atoms with E-state index in [0.29, 0.717) is 11.7 Å². The standard InChI is InChI=1S/C16H20N2O3S/c19-15(11-3-4-11)18-16(22)17-12-5-7-13(8-6-12)21-10-14-2-1-9-20-14/h5-8,11,14H,1-4,9-10H2,(H2,17,18,19,22)/t14-/m1/s1. The molecule has 2 aliphatic rings. The van der Waals surface area contributed by atoms with Gasteiger partial charge in [-0.2, -0.15) is 0 Å². The lowest BCUT2D eigenvalue weighted by Gasteiger charge is -2.12. The Labute approximate surface area is 135 Å². The van der Waals surface area contributed by atoms with E-state index in [1.807, 2.05) is 24.3 Å². The second-order valence-corrected chi connectivity index (χ2v) is 6.10. The number of hydrogen-bond acceptors (Lipinski definition) is 4. The Morgan fingerprint density at radius 3 is 2.68 bits per heavy atom. The van der Waals surface area contributed by atoms with Crippen LogP contribution in [0.25, 0.3) is 0 Å². The fraction of sp³-hybridized carbons (Fsp3) is 0.500. The predicted octanol–water partition coefficient (Wildman–Crippen LogP) is 2.47. The summed E-state index contributed by atoms with van der Waals surface area (Å²) in [6.45, 7) is 1.42. The van der Waals surface area contributed by atoms with Crippen LogP contribution in [0.1, 0.15) is 25.7 Å². The molecule has 0 radical (unpaired) electrons. The summed E-state index contributed by atoms with van der Waals surface area (Å²) in [6.07, 6.45) is 4.31.